The Kier molecular flexibility index (Phi) is 5.66. The van der Waals surface area contributed by atoms with Crippen LogP contribution in [0, 0.1) is 13.8 Å². The van der Waals surface area contributed by atoms with Crippen molar-refractivity contribution in [3.63, 3.8) is 0 Å². The molecule has 0 aliphatic rings. The lowest BCUT2D eigenvalue weighted by Crippen LogP contribution is -2.27. The van der Waals surface area contributed by atoms with Crippen molar-refractivity contribution in [2.24, 2.45) is 0 Å². The Balaban J connectivity index is 2.17. The number of nitrogens with one attached hydrogen (secondary N) is 1. The summed E-state index contributed by atoms with van der Waals surface area (Å²) in [5.74, 6) is 0.935. The molecule has 22 heavy (non-hydrogen) atoms. The zero-order valence-electron chi connectivity index (χ0n) is 13.6. The van der Waals surface area contributed by atoms with Gasteiger partial charge in [0.1, 0.15) is 0 Å². The summed E-state index contributed by atoms with van der Waals surface area (Å²) in [7, 11) is 0. The van der Waals surface area contributed by atoms with Crippen LogP contribution in [0.3, 0.4) is 0 Å². The van der Waals surface area contributed by atoms with Crippen molar-refractivity contribution in [3.05, 3.63) is 47.3 Å². The Morgan fingerprint density at radius 2 is 2.09 bits per heavy atom. The van der Waals surface area contributed by atoms with Gasteiger partial charge in [-0.1, -0.05) is 18.2 Å². The molecule has 0 radical (unpaired) electrons. The van der Waals surface area contributed by atoms with Crippen LogP contribution in [-0.4, -0.2) is 27.7 Å². The van der Waals surface area contributed by atoms with Crippen LogP contribution in [-0.2, 0) is 4.79 Å². The third kappa shape index (κ3) is 3.71. The van der Waals surface area contributed by atoms with Crippen molar-refractivity contribution >= 4 is 17.7 Å². The van der Waals surface area contributed by atoms with E-state index in [-0.39, 0.29) is 11.9 Å². The van der Waals surface area contributed by atoms with Crippen LogP contribution in [0.1, 0.15) is 36.2 Å². The second-order valence-corrected chi connectivity index (χ2v) is 6.40. The molecule has 0 aliphatic carbocycles. The van der Waals surface area contributed by atoms with E-state index in [1.54, 1.807) is 11.8 Å². The topological polar surface area (TPSA) is 46.9 Å². The molecule has 0 spiro atoms. The fraction of sp³-hybridized carbons (Fsp3) is 0.412. The van der Waals surface area contributed by atoms with Gasteiger partial charge in [0.2, 0.25) is 5.91 Å². The second-order valence-electron chi connectivity index (χ2n) is 5.42. The highest BCUT2D eigenvalue weighted by Crippen LogP contribution is 2.22. The van der Waals surface area contributed by atoms with Crippen molar-refractivity contribution < 1.29 is 4.79 Å². The molecule has 5 heteroatoms. The highest BCUT2D eigenvalue weighted by Gasteiger charge is 2.16. The van der Waals surface area contributed by atoms with Crippen LogP contribution in [0.5, 0.6) is 0 Å². The van der Waals surface area contributed by atoms with Crippen LogP contribution < -0.4 is 5.32 Å². The molecule has 2 rings (SSSR count). The predicted molar refractivity (Wildman–Crippen MR) is 92.6 cm³/mol. The van der Waals surface area contributed by atoms with Gasteiger partial charge in [0, 0.05) is 23.4 Å². The van der Waals surface area contributed by atoms with Crippen molar-refractivity contribution in [1.82, 2.24) is 15.1 Å². The standard InChI is InChI=1S/C17H23N3OS/c1-12-7-5-6-8-16(12)20-14(3)15(11-18-20)13(2)19-17(21)9-10-22-4/h5-8,11,13H,9-10H2,1-4H3,(H,19,21). The number of carbonyl (C=O) groups excluding carboxylic acids is 1. The Bertz CT molecular complexity index is 651. The van der Waals surface area contributed by atoms with Gasteiger partial charge in [-0.05, 0) is 38.7 Å². The first-order chi connectivity index (χ1) is 10.5. The van der Waals surface area contributed by atoms with Gasteiger partial charge in [-0.2, -0.15) is 16.9 Å². The number of para-hydroxylation sites is 1. The zero-order valence-corrected chi connectivity index (χ0v) is 14.4. The molecule has 0 saturated carbocycles. The molecular formula is C17H23N3OS. The van der Waals surface area contributed by atoms with E-state index in [9.17, 15) is 4.79 Å². The maximum atomic E-state index is 11.9. The molecule has 0 bridgehead atoms. The minimum atomic E-state index is -0.0351. The summed E-state index contributed by atoms with van der Waals surface area (Å²) >= 11 is 1.68. The Hall–Kier alpha value is -1.75. The minimum absolute atomic E-state index is 0.0351. The molecule has 1 N–H and O–H groups in total. The number of nitrogens with zero attached hydrogens (tertiary/aromatic N) is 2. The molecule has 1 amide bonds. The van der Waals surface area contributed by atoms with Crippen molar-refractivity contribution in [2.75, 3.05) is 12.0 Å². The highest BCUT2D eigenvalue weighted by molar-refractivity contribution is 7.98. The molecule has 0 fully saturated rings. The highest BCUT2D eigenvalue weighted by atomic mass is 32.2. The van der Waals surface area contributed by atoms with Gasteiger partial charge in [0.15, 0.2) is 0 Å². The smallest absolute Gasteiger partial charge is 0.221 e. The molecule has 0 saturated heterocycles. The number of aryl methyl sites for hydroxylation is 1. The van der Waals surface area contributed by atoms with Crippen molar-refractivity contribution in [1.29, 1.82) is 0 Å². The summed E-state index contributed by atoms with van der Waals surface area (Å²) in [6.45, 7) is 6.12. The Labute approximate surface area is 136 Å². The Morgan fingerprint density at radius 3 is 2.77 bits per heavy atom. The molecule has 1 unspecified atom stereocenters. The van der Waals surface area contributed by atoms with E-state index >= 15 is 0 Å². The first-order valence-electron chi connectivity index (χ1n) is 7.43. The van der Waals surface area contributed by atoms with E-state index < -0.39 is 0 Å². The number of hydrogen-bond donors (Lipinski definition) is 1. The number of benzene rings is 1. The van der Waals surface area contributed by atoms with Crippen LogP contribution in [0.25, 0.3) is 5.69 Å². The summed E-state index contributed by atoms with van der Waals surface area (Å²) in [6.07, 6.45) is 4.41. The third-order valence-electron chi connectivity index (χ3n) is 3.77. The van der Waals surface area contributed by atoms with E-state index in [0.29, 0.717) is 6.42 Å². The lowest BCUT2D eigenvalue weighted by molar-refractivity contribution is -0.121. The minimum Gasteiger partial charge on any atom is -0.349 e. The largest absolute Gasteiger partial charge is 0.349 e. The average Bonchev–Trinajstić information content (AvgIpc) is 2.87. The van der Waals surface area contributed by atoms with Crippen LogP contribution in [0.4, 0.5) is 0 Å². The van der Waals surface area contributed by atoms with E-state index in [0.717, 1.165) is 22.7 Å². The summed E-state index contributed by atoms with van der Waals surface area (Å²) in [6, 6.07) is 8.13. The first-order valence-corrected chi connectivity index (χ1v) is 8.82. The third-order valence-corrected chi connectivity index (χ3v) is 4.38. The van der Waals surface area contributed by atoms with E-state index in [1.165, 1.54) is 5.56 Å². The predicted octanol–water partition coefficient (Wildman–Crippen LogP) is 3.42. The Morgan fingerprint density at radius 1 is 1.36 bits per heavy atom. The molecule has 118 valence electrons. The van der Waals surface area contributed by atoms with Crippen LogP contribution in [0.15, 0.2) is 30.5 Å². The second kappa shape index (κ2) is 7.49. The average molecular weight is 317 g/mol. The van der Waals surface area contributed by atoms with Crippen molar-refractivity contribution in [3.8, 4) is 5.69 Å². The summed E-state index contributed by atoms with van der Waals surface area (Å²) in [5, 5.41) is 7.54. The first kappa shape index (κ1) is 16.6. The van der Waals surface area contributed by atoms with Gasteiger partial charge in [-0.3, -0.25) is 4.79 Å². The fourth-order valence-corrected chi connectivity index (χ4v) is 2.87. The van der Waals surface area contributed by atoms with E-state index in [2.05, 4.69) is 29.5 Å². The maximum absolute atomic E-state index is 11.9. The number of aromatic nitrogens is 2. The van der Waals surface area contributed by atoms with Crippen LogP contribution in [0.2, 0.25) is 0 Å². The molecular weight excluding hydrogens is 294 g/mol. The molecule has 1 aromatic carbocycles. The van der Waals surface area contributed by atoms with Crippen molar-refractivity contribution in [2.45, 2.75) is 33.2 Å². The van der Waals surface area contributed by atoms with Gasteiger partial charge in [-0.25, -0.2) is 4.68 Å². The quantitative estimate of drug-likeness (QED) is 0.888. The molecule has 1 atom stereocenters. The number of carbonyl (C=O) groups is 1. The maximum Gasteiger partial charge on any atom is 0.221 e. The van der Waals surface area contributed by atoms with Gasteiger partial charge in [0.05, 0.1) is 17.9 Å². The van der Waals surface area contributed by atoms with Gasteiger partial charge in [-0.15, -0.1) is 0 Å². The summed E-state index contributed by atoms with van der Waals surface area (Å²) in [5.41, 5.74) is 4.37. The van der Waals surface area contributed by atoms with E-state index in [4.69, 9.17) is 0 Å². The number of hydrogen-bond acceptors (Lipinski definition) is 3. The summed E-state index contributed by atoms with van der Waals surface area (Å²) < 4.78 is 1.94. The number of amides is 1. The molecule has 4 nitrogen and oxygen atoms in total. The molecule has 0 aliphatic heterocycles. The fourth-order valence-electron chi connectivity index (χ4n) is 2.48. The van der Waals surface area contributed by atoms with E-state index in [1.807, 2.05) is 43.1 Å². The zero-order chi connectivity index (χ0) is 16.1. The van der Waals surface area contributed by atoms with Crippen LogP contribution >= 0.6 is 11.8 Å². The SMILES string of the molecule is CSCCC(=O)NC(C)c1cnn(-c2ccccc2C)c1C. The van der Waals surface area contributed by atoms with Gasteiger partial charge >= 0.3 is 0 Å². The van der Waals surface area contributed by atoms with Gasteiger partial charge in [0.25, 0.3) is 0 Å². The number of rotatable bonds is 6. The number of thioether (sulfide) groups is 1. The normalized spacial score (nSPS) is 12.2. The van der Waals surface area contributed by atoms with Gasteiger partial charge < -0.3 is 5.32 Å². The monoisotopic (exact) mass is 317 g/mol. The summed E-state index contributed by atoms with van der Waals surface area (Å²) in [4.78, 5) is 11.9. The molecule has 1 heterocycles. The molecule has 1 aromatic heterocycles. The lowest BCUT2D eigenvalue weighted by Gasteiger charge is -2.14. The lowest BCUT2D eigenvalue weighted by atomic mass is 10.1. The molecule has 2 aromatic rings.